The lowest BCUT2D eigenvalue weighted by atomic mass is 10.3. The van der Waals surface area contributed by atoms with Crippen LogP contribution in [0.1, 0.15) is 5.69 Å². The third-order valence-corrected chi connectivity index (χ3v) is 2.41. The Hall–Kier alpha value is -2.50. The Morgan fingerprint density at radius 1 is 1.18 bits per heavy atom. The van der Waals surface area contributed by atoms with Gasteiger partial charge in [-0.05, 0) is 12.1 Å². The molecule has 6 heteroatoms. The molecule has 0 fully saturated rings. The molecule has 3 aromatic heterocycles. The van der Waals surface area contributed by atoms with Gasteiger partial charge in [-0.15, -0.1) is 0 Å². The van der Waals surface area contributed by atoms with E-state index in [0.29, 0.717) is 6.54 Å². The normalized spacial score (nSPS) is 10.6. The van der Waals surface area contributed by atoms with Crippen LogP contribution in [0.25, 0.3) is 11.0 Å². The van der Waals surface area contributed by atoms with Crippen molar-refractivity contribution < 1.29 is 0 Å². The number of pyridine rings is 1. The molecule has 0 bridgehead atoms. The summed E-state index contributed by atoms with van der Waals surface area (Å²) in [6.45, 7) is 0.623. The second-order valence-corrected chi connectivity index (χ2v) is 3.53. The van der Waals surface area contributed by atoms with Crippen molar-refractivity contribution in [3.63, 3.8) is 0 Å². The summed E-state index contributed by atoms with van der Waals surface area (Å²) in [4.78, 5) is 12.5. The number of hydrogen-bond donors (Lipinski definition) is 2. The summed E-state index contributed by atoms with van der Waals surface area (Å²) in [5.74, 6) is 0.759. The van der Waals surface area contributed by atoms with Crippen molar-refractivity contribution in [1.82, 2.24) is 25.1 Å². The summed E-state index contributed by atoms with van der Waals surface area (Å²) < 4.78 is 0. The van der Waals surface area contributed by atoms with E-state index < -0.39 is 0 Å². The van der Waals surface area contributed by atoms with Crippen molar-refractivity contribution in [2.45, 2.75) is 6.54 Å². The molecule has 0 radical (unpaired) electrons. The van der Waals surface area contributed by atoms with Gasteiger partial charge in [0.15, 0.2) is 5.65 Å². The molecule has 0 aliphatic heterocycles. The van der Waals surface area contributed by atoms with Crippen molar-refractivity contribution in [2.75, 3.05) is 5.32 Å². The smallest absolute Gasteiger partial charge is 0.160 e. The molecule has 84 valence electrons. The minimum absolute atomic E-state index is 0.623. The molecule has 2 N–H and O–H groups in total. The molecule has 17 heavy (non-hydrogen) atoms. The molecule has 0 saturated heterocycles. The Morgan fingerprint density at radius 2 is 2.18 bits per heavy atom. The molecule has 0 aliphatic rings. The van der Waals surface area contributed by atoms with Crippen LogP contribution < -0.4 is 5.32 Å². The largest absolute Gasteiger partial charge is 0.364 e. The third-order valence-electron chi connectivity index (χ3n) is 2.41. The van der Waals surface area contributed by atoms with E-state index in [0.717, 1.165) is 22.5 Å². The van der Waals surface area contributed by atoms with Gasteiger partial charge in [-0.3, -0.25) is 10.1 Å². The first-order valence-electron chi connectivity index (χ1n) is 5.21. The number of H-pyrrole nitrogens is 1. The van der Waals surface area contributed by atoms with Crippen LogP contribution in [0.3, 0.4) is 0 Å². The average Bonchev–Trinajstić information content (AvgIpc) is 2.86. The second-order valence-electron chi connectivity index (χ2n) is 3.53. The minimum Gasteiger partial charge on any atom is -0.364 e. The van der Waals surface area contributed by atoms with Crippen molar-refractivity contribution in [1.29, 1.82) is 0 Å². The zero-order valence-electron chi connectivity index (χ0n) is 8.96. The van der Waals surface area contributed by atoms with Gasteiger partial charge in [0.1, 0.15) is 12.1 Å². The third kappa shape index (κ3) is 1.92. The summed E-state index contributed by atoms with van der Waals surface area (Å²) in [5.41, 5.74) is 1.69. The Morgan fingerprint density at radius 3 is 3.06 bits per heavy atom. The predicted octanol–water partition coefficient (Wildman–Crippen LogP) is 1.36. The van der Waals surface area contributed by atoms with E-state index in [1.165, 1.54) is 6.33 Å². The number of nitrogens with one attached hydrogen (secondary N) is 2. The van der Waals surface area contributed by atoms with Gasteiger partial charge in [-0.25, -0.2) is 9.97 Å². The highest BCUT2D eigenvalue weighted by atomic mass is 15.2. The fourth-order valence-corrected chi connectivity index (χ4v) is 1.58. The number of hydrogen-bond acceptors (Lipinski definition) is 5. The van der Waals surface area contributed by atoms with Gasteiger partial charge >= 0.3 is 0 Å². The number of rotatable bonds is 3. The van der Waals surface area contributed by atoms with Gasteiger partial charge < -0.3 is 5.32 Å². The molecule has 0 aromatic carbocycles. The molecule has 0 amide bonds. The molecule has 6 nitrogen and oxygen atoms in total. The van der Waals surface area contributed by atoms with Crippen LogP contribution in [0.5, 0.6) is 0 Å². The fourth-order valence-electron chi connectivity index (χ4n) is 1.58. The van der Waals surface area contributed by atoms with Crippen LogP contribution in [0, 0.1) is 0 Å². The van der Waals surface area contributed by atoms with Gasteiger partial charge in [0, 0.05) is 6.20 Å². The maximum Gasteiger partial charge on any atom is 0.160 e. The molecule has 0 unspecified atom stereocenters. The van der Waals surface area contributed by atoms with Crippen LogP contribution in [-0.2, 0) is 6.54 Å². The molecule has 0 aliphatic carbocycles. The zero-order chi connectivity index (χ0) is 11.5. The summed E-state index contributed by atoms with van der Waals surface area (Å²) in [6, 6.07) is 5.81. The quantitative estimate of drug-likeness (QED) is 0.705. The Kier molecular flexibility index (Phi) is 2.38. The topological polar surface area (TPSA) is 79.4 Å². The van der Waals surface area contributed by atoms with E-state index in [2.05, 4.69) is 30.5 Å². The van der Waals surface area contributed by atoms with E-state index in [1.54, 1.807) is 12.4 Å². The Bertz CT molecular complexity index is 618. The van der Waals surface area contributed by atoms with E-state index >= 15 is 0 Å². The molecule has 0 atom stereocenters. The molecule has 3 aromatic rings. The number of anilines is 1. The maximum atomic E-state index is 4.23. The van der Waals surface area contributed by atoms with E-state index in [-0.39, 0.29) is 0 Å². The van der Waals surface area contributed by atoms with Gasteiger partial charge in [-0.2, -0.15) is 5.10 Å². The lowest BCUT2D eigenvalue weighted by molar-refractivity contribution is 1.03. The standard InChI is InChI=1S/C11H10N6/c1-2-4-12-8(3-1)5-13-10-9-6-16-17-11(9)15-7-14-10/h1-4,6-7H,5H2,(H2,13,14,15,16,17). The highest BCUT2D eigenvalue weighted by Crippen LogP contribution is 2.16. The molecular formula is C11H10N6. The number of aromatic amines is 1. The zero-order valence-corrected chi connectivity index (χ0v) is 8.96. The number of nitrogens with zero attached hydrogens (tertiary/aromatic N) is 4. The van der Waals surface area contributed by atoms with Crippen LogP contribution >= 0.6 is 0 Å². The van der Waals surface area contributed by atoms with Crippen molar-refractivity contribution in [2.24, 2.45) is 0 Å². The SMILES string of the molecule is c1ccc(CNc2ncnc3[nH]ncc23)nc1. The predicted molar refractivity (Wildman–Crippen MR) is 63.2 cm³/mol. The summed E-state index contributed by atoms with van der Waals surface area (Å²) in [6.07, 6.45) is 4.97. The minimum atomic E-state index is 0.623. The van der Waals surface area contributed by atoms with Gasteiger partial charge in [0.2, 0.25) is 0 Å². The van der Waals surface area contributed by atoms with E-state index in [9.17, 15) is 0 Å². The van der Waals surface area contributed by atoms with Crippen LogP contribution in [-0.4, -0.2) is 25.1 Å². The molecule has 3 heterocycles. The fraction of sp³-hybridized carbons (Fsp3) is 0.0909. The van der Waals surface area contributed by atoms with E-state index in [4.69, 9.17) is 0 Å². The monoisotopic (exact) mass is 226 g/mol. The first-order chi connectivity index (χ1) is 8.43. The van der Waals surface area contributed by atoms with Crippen LogP contribution in [0.4, 0.5) is 5.82 Å². The molecule has 3 rings (SSSR count). The first kappa shape index (κ1) is 9.71. The van der Waals surface area contributed by atoms with Crippen molar-refractivity contribution in [3.8, 4) is 0 Å². The molecule has 0 saturated carbocycles. The number of fused-ring (bicyclic) bond motifs is 1. The van der Waals surface area contributed by atoms with Gasteiger partial charge in [-0.1, -0.05) is 6.07 Å². The first-order valence-corrected chi connectivity index (χ1v) is 5.21. The van der Waals surface area contributed by atoms with Gasteiger partial charge in [0.25, 0.3) is 0 Å². The van der Waals surface area contributed by atoms with Crippen LogP contribution in [0.2, 0.25) is 0 Å². The van der Waals surface area contributed by atoms with E-state index in [1.807, 2.05) is 18.2 Å². The highest BCUT2D eigenvalue weighted by molar-refractivity contribution is 5.85. The summed E-state index contributed by atoms with van der Waals surface area (Å²) in [5, 5.41) is 10.8. The molecular weight excluding hydrogens is 216 g/mol. The van der Waals surface area contributed by atoms with Gasteiger partial charge in [0.05, 0.1) is 23.8 Å². The lowest BCUT2D eigenvalue weighted by Gasteiger charge is -2.04. The summed E-state index contributed by atoms with van der Waals surface area (Å²) >= 11 is 0. The Balaban J connectivity index is 1.84. The second kappa shape index (κ2) is 4.17. The average molecular weight is 226 g/mol. The van der Waals surface area contributed by atoms with Crippen LogP contribution in [0.15, 0.2) is 36.9 Å². The summed E-state index contributed by atoms with van der Waals surface area (Å²) in [7, 11) is 0. The lowest BCUT2D eigenvalue weighted by Crippen LogP contribution is -2.03. The van der Waals surface area contributed by atoms with Crippen molar-refractivity contribution in [3.05, 3.63) is 42.6 Å². The number of aromatic nitrogens is 5. The highest BCUT2D eigenvalue weighted by Gasteiger charge is 2.04. The molecule has 0 spiro atoms. The maximum absolute atomic E-state index is 4.23. The van der Waals surface area contributed by atoms with Crippen molar-refractivity contribution >= 4 is 16.9 Å². The Labute approximate surface area is 97.1 Å².